The fourth-order valence-electron chi connectivity index (χ4n) is 3.20. The molecular formula is C23H17ClFN3O2. The minimum Gasteiger partial charge on any atom is -0.478 e. The van der Waals surface area contributed by atoms with Crippen molar-refractivity contribution in [1.29, 1.82) is 0 Å². The summed E-state index contributed by atoms with van der Waals surface area (Å²) < 4.78 is 13.4. The first-order valence-corrected chi connectivity index (χ1v) is 9.67. The molecule has 0 unspecified atom stereocenters. The highest BCUT2D eigenvalue weighted by Gasteiger charge is 2.17. The SMILES string of the molecule is O=C(O)c1ccnc(-c2nc(CCc3ccccc3Cl)[nH]c2-c2ccc(F)cc2)c1. The van der Waals surface area contributed by atoms with Gasteiger partial charge in [0.1, 0.15) is 17.3 Å². The third-order valence-corrected chi connectivity index (χ3v) is 5.09. The highest BCUT2D eigenvalue weighted by atomic mass is 35.5. The molecule has 0 radical (unpaired) electrons. The van der Waals surface area contributed by atoms with Crippen LogP contribution in [0.3, 0.4) is 0 Å². The molecule has 4 aromatic rings. The van der Waals surface area contributed by atoms with Crippen LogP contribution in [-0.4, -0.2) is 26.0 Å². The smallest absolute Gasteiger partial charge is 0.335 e. The molecule has 2 heterocycles. The number of pyridine rings is 1. The van der Waals surface area contributed by atoms with Crippen molar-refractivity contribution in [2.75, 3.05) is 0 Å². The lowest BCUT2D eigenvalue weighted by atomic mass is 10.1. The van der Waals surface area contributed by atoms with Crippen molar-refractivity contribution in [1.82, 2.24) is 15.0 Å². The van der Waals surface area contributed by atoms with Gasteiger partial charge in [0.25, 0.3) is 0 Å². The third-order valence-electron chi connectivity index (χ3n) is 4.72. The van der Waals surface area contributed by atoms with E-state index in [4.69, 9.17) is 11.6 Å². The number of aromatic nitrogens is 3. The Bertz CT molecular complexity index is 1210. The Hall–Kier alpha value is -3.51. The van der Waals surface area contributed by atoms with Gasteiger partial charge in [-0.2, -0.15) is 0 Å². The average molecular weight is 422 g/mol. The lowest BCUT2D eigenvalue weighted by Gasteiger charge is -2.03. The number of hydrogen-bond acceptors (Lipinski definition) is 3. The number of imidazole rings is 1. The molecule has 0 atom stereocenters. The van der Waals surface area contributed by atoms with E-state index >= 15 is 0 Å². The second-order valence-electron chi connectivity index (χ2n) is 6.74. The van der Waals surface area contributed by atoms with Crippen LogP contribution in [0.25, 0.3) is 22.6 Å². The standard InChI is InChI=1S/C23H17ClFN3O2/c24-18-4-2-1-3-14(18)7-10-20-27-21(15-5-8-17(25)9-6-15)22(28-20)19-13-16(23(29)30)11-12-26-19/h1-6,8-9,11-13H,7,10H2,(H,27,28)(H,29,30). The highest BCUT2D eigenvalue weighted by Crippen LogP contribution is 2.30. The number of hydrogen-bond donors (Lipinski definition) is 2. The Morgan fingerprint density at radius 3 is 2.57 bits per heavy atom. The fraction of sp³-hybridized carbons (Fsp3) is 0.0870. The maximum absolute atomic E-state index is 13.4. The number of halogens is 2. The Balaban J connectivity index is 1.73. The molecule has 7 heteroatoms. The molecule has 2 N–H and O–H groups in total. The number of aromatic amines is 1. The number of nitrogens with one attached hydrogen (secondary N) is 1. The lowest BCUT2D eigenvalue weighted by molar-refractivity contribution is 0.0697. The molecule has 0 bridgehead atoms. The van der Waals surface area contributed by atoms with Gasteiger partial charge in [-0.1, -0.05) is 29.8 Å². The number of H-pyrrole nitrogens is 1. The van der Waals surface area contributed by atoms with Crippen LogP contribution in [0.15, 0.2) is 66.9 Å². The summed E-state index contributed by atoms with van der Waals surface area (Å²) in [6.07, 6.45) is 2.71. The number of aryl methyl sites for hydroxylation is 2. The Labute approximate surface area is 177 Å². The van der Waals surface area contributed by atoms with Gasteiger partial charge in [0.2, 0.25) is 0 Å². The molecule has 0 saturated carbocycles. The molecule has 0 aliphatic heterocycles. The molecule has 0 amide bonds. The number of nitrogens with zero attached hydrogens (tertiary/aromatic N) is 2. The van der Waals surface area contributed by atoms with Crippen LogP contribution in [-0.2, 0) is 12.8 Å². The first kappa shape index (κ1) is 19.8. The van der Waals surface area contributed by atoms with Gasteiger partial charge in [-0.05, 0) is 54.4 Å². The van der Waals surface area contributed by atoms with Crippen LogP contribution in [0.4, 0.5) is 4.39 Å². The second kappa shape index (κ2) is 8.47. The van der Waals surface area contributed by atoms with Crippen LogP contribution in [0.5, 0.6) is 0 Å². The van der Waals surface area contributed by atoms with Crippen LogP contribution in [0.1, 0.15) is 21.7 Å². The van der Waals surface area contributed by atoms with Crippen LogP contribution in [0.2, 0.25) is 5.02 Å². The molecule has 0 aliphatic carbocycles. The first-order chi connectivity index (χ1) is 14.5. The van der Waals surface area contributed by atoms with Gasteiger partial charge in [0, 0.05) is 23.2 Å². The number of carbonyl (C=O) groups is 1. The monoisotopic (exact) mass is 421 g/mol. The zero-order chi connectivity index (χ0) is 21.1. The molecule has 2 aromatic carbocycles. The van der Waals surface area contributed by atoms with E-state index in [1.165, 1.54) is 30.5 Å². The maximum Gasteiger partial charge on any atom is 0.335 e. The molecule has 4 rings (SSSR count). The molecule has 0 spiro atoms. The number of aromatic carboxylic acids is 1. The van der Waals surface area contributed by atoms with Crippen molar-refractivity contribution in [2.45, 2.75) is 12.8 Å². The number of carboxylic acids is 1. The summed E-state index contributed by atoms with van der Waals surface area (Å²) in [5, 5.41) is 10.00. The van der Waals surface area contributed by atoms with Crippen LogP contribution < -0.4 is 0 Å². The average Bonchev–Trinajstić information content (AvgIpc) is 3.18. The van der Waals surface area contributed by atoms with E-state index in [9.17, 15) is 14.3 Å². The van der Waals surface area contributed by atoms with Crippen molar-refractivity contribution < 1.29 is 14.3 Å². The summed E-state index contributed by atoms with van der Waals surface area (Å²) in [7, 11) is 0. The summed E-state index contributed by atoms with van der Waals surface area (Å²) in [5.74, 6) is -0.687. The summed E-state index contributed by atoms with van der Waals surface area (Å²) >= 11 is 6.25. The van der Waals surface area contributed by atoms with E-state index < -0.39 is 5.97 Å². The van der Waals surface area contributed by atoms with Gasteiger partial charge in [-0.25, -0.2) is 14.2 Å². The van der Waals surface area contributed by atoms with Crippen molar-refractivity contribution in [3.63, 3.8) is 0 Å². The molecule has 5 nitrogen and oxygen atoms in total. The topological polar surface area (TPSA) is 78.9 Å². The van der Waals surface area contributed by atoms with Gasteiger partial charge in [0.15, 0.2) is 0 Å². The van der Waals surface area contributed by atoms with E-state index in [2.05, 4.69) is 15.0 Å². The van der Waals surface area contributed by atoms with Gasteiger partial charge in [0.05, 0.1) is 17.0 Å². The van der Waals surface area contributed by atoms with Crippen LogP contribution >= 0.6 is 11.6 Å². The highest BCUT2D eigenvalue weighted by molar-refractivity contribution is 6.31. The molecule has 30 heavy (non-hydrogen) atoms. The Morgan fingerprint density at radius 2 is 1.83 bits per heavy atom. The van der Waals surface area contributed by atoms with Crippen molar-refractivity contribution in [3.05, 3.63) is 94.7 Å². The molecule has 150 valence electrons. The predicted octanol–water partition coefficient (Wildman–Crippen LogP) is 5.41. The fourth-order valence-corrected chi connectivity index (χ4v) is 3.43. The van der Waals surface area contributed by atoms with E-state index in [0.29, 0.717) is 40.8 Å². The van der Waals surface area contributed by atoms with E-state index in [-0.39, 0.29) is 11.4 Å². The minimum atomic E-state index is -1.04. The summed E-state index contributed by atoms with van der Waals surface area (Å²) in [6, 6.07) is 16.5. The molecular weight excluding hydrogens is 405 g/mol. The summed E-state index contributed by atoms with van der Waals surface area (Å²) in [6.45, 7) is 0. The number of carboxylic acid groups (broad SMARTS) is 1. The number of benzene rings is 2. The van der Waals surface area contributed by atoms with E-state index in [1.807, 2.05) is 24.3 Å². The third kappa shape index (κ3) is 4.23. The predicted molar refractivity (Wildman–Crippen MR) is 113 cm³/mol. The minimum absolute atomic E-state index is 0.116. The molecule has 0 fully saturated rings. The van der Waals surface area contributed by atoms with Gasteiger partial charge in [-0.3, -0.25) is 4.98 Å². The first-order valence-electron chi connectivity index (χ1n) is 9.29. The Morgan fingerprint density at radius 1 is 1.07 bits per heavy atom. The number of rotatable bonds is 6. The lowest BCUT2D eigenvalue weighted by Crippen LogP contribution is -1.98. The van der Waals surface area contributed by atoms with Crippen molar-refractivity contribution in [2.24, 2.45) is 0 Å². The summed E-state index contributed by atoms with van der Waals surface area (Å²) in [4.78, 5) is 23.6. The zero-order valence-corrected chi connectivity index (χ0v) is 16.5. The van der Waals surface area contributed by atoms with E-state index in [1.54, 1.807) is 12.1 Å². The van der Waals surface area contributed by atoms with Crippen LogP contribution in [0, 0.1) is 5.82 Å². The largest absolute Gasteiger partial charge is 0.478 e. The summed E-state index contributed by atoms with van der Waals surface area (Å²) in [5.41, 5.74) is 3.44. The zero-order valence-electron chi connectivity index (χ0n) is 15.8. The Kier molecular flexibility index (Phi) is 5.59. The van der Waals surface area contributed by atoms with Crippen molar-refractivity contribution in [3.8, 4) is 22.6 Å². The van der Waals surface area contributed by atoms with Gasteiger partial charge < -0.3 is 10.1 Å². The van der Waals surface area contributed by atoms with E-state index in [0.717, 1.165) is 11.1 Å². The van der Waals surface area contributed by atoms with Crippen molar-refractivity contribution >= 4 is 17.6 Å². The normalized spacial score (nSPS) is 10.9. The second-order valence-corrected chi connectivity index (χ2v) is 7.15. The molecule has 0 aliphatic rings. The quantitative estimate of drug-likeness (QED) is 0.436. The van der Waals surface area contributed by atoms with Gasteiger partial charge >= 0.3 is 5.97 Å². The van der Waals surface area contributed by atoms with Gasteiger partial charge in [-0.15, -0.1) is 0 Å². The molecule has 2 aromatic heterocycles. The molecule has 0 saturated heterocycles. The maximum atomic E-state index is 13.4.